The summed E-state index contributed by atoms with van der Waals surface area (Å²) < 4.78 is 15.2. The third-order valence-corrected chi connectivity index (χ3v) is 12.8. The van der Waals surface area contributed by atoms with E-state index < -0.39 is 8.32 Å². The number of nitrogens with one attached hydrogen (secondary N) is 1. The molecular weight excluding hydrogens is 450 g/mol. The number of aromatic amines is 1. The number of hydrogen-bond acceptors (Lipinski definition) is 7. The van der Waals surface area contributed by atoms with E-state index >= 15 is 0 Å². The molecule has 2 aromatic rings. The fraction of sp³-hybridized carbons (Fsp3) is 0.739. The number of aliphatic imine (C=N–C) groups is 1. The highest BCUT2D eigenvalue weighted by Gasteiger charge is 2.45. The smallest absolute Gasteiger partial charge is 0.280 e. The molecule has 2 unspecified atom stereocenters. The Kier molecular flexibility index (Phi) is 8.33. The van der Waals surface area contributed by atoms with Crippen LogP contribution in [0.1, 0.15) is 47.8 Å². The summed E-state index contributed by atoms with van der Waals surface area (Å²) in [5.74, 6) is 0.235. The van der Waals surface area contributed by atoms with Crippen LogP contribution < -0.4 is 5.56 Å². The molecule has 0 spiro atoms. The number of ether oxygens (including phenoxy) is 1. The van der Waals surface area contributed by atoms with Gasteiger partial charge in [0.15, 0.2) is 19.5 Å². The summed E-state index contributed by atoms with van der Waals surface area (Å²) in [6.07, 6.45) is 2.81. The van der Waals surface area contributed by atoms with E-state index in [-0.39, 0.29) is 29.4 Å². The number of aromatic nitrogens is 4. The van der Waals surface area contributed by atoms with Gasteiger partial charge in [0.1, 0.15) is 6.23 Å². The zero-order chi connectivity index (χ0) is 25.2. The molecule has 0 bridgehead atoms. The Hall–Kier alpha value is -2.08. The van der Waals surface area contributed by atoms with Crippen molar-refractivity contribution in [2.45, 2.75) is 70.5 Å². The van der Waals surface area contributed by atoms with Gasteiger partial charge in [0, 0.05) is 27.2 Å². The van der Waals surface area contributed by atoms with E-state index in [1.54, 1.807) is 17.6 Å². The second-order valence-electron chi connectivity index (χ2n) is 10.5. The first-order chi connectivity index (χ1) is 16.0. The van der Waals surface area contributed by atoms with Crippen molar-refractivity contribution < 1.29 is 9.16 Å². The molecule has 2 aromatic heterocycles. The molecule has 2 atom stereocenters. The Labute approximate surface area is 203 Å². The van der Waals surface area contributed by atoms with Crippen LogP contribution in [0.15, 0.2) is 16.1 Å². The number of morpholine rings is 1. The van der Waals surface area contributed by atoms with Crippen molar-refractivity contribution in [2.24, 2.45) is 4.99 Å². The van der Waals surface area contributed by atoms with Crippen molar-refractivity contribution >= 4 is 31.8 Å². The lowest BCUT2D eigenvalue weighted by Gasteiger charge is -2.44. The molecule has 0 aromatic carbocycles. The first-order valence-corrected chi connectivity index (χ1v) is 14.2. The van der Waals surface area contributed by atoms with Gasteiger partial charge in [0.25, 0.3) is 5.56 Å². The highest BCUT2D eigenvalue weighted by atomic mass is 28.4. The predicted octanol–water partition coefficient (Wildman–Crippen LogP) is 3.36. The third kappa shape index (κ3) is 5.42. The van der Waals surface area contributed by atoms with Crippen molar-refractivity contribution in [3.63, 3.8) is 0 Å². The van der Waals surface area contributed by atoms with Crippen LogP contribution in [-0.4, -0.2) is 90.9 Å². The normalized spacial score (nSPS) is 20.5. The molecule has 1 aliphatic rings. The summed E-state index contributed by atoms with van der Waals surface area (Å²) >= 11 is 0. The molecule has 1 N–H and O–H groups in total. The van der Waals surface area contributed by atoms with E-state index in [1.807, 2.05) is 18.7 Å². The lowest BCUT2D eigenvalue weighted by atomic mass is 10.3. The van der Waals surface area contributed by atoms with E-state index in [1.165, 1.54) is 0 Å². The first-order valence-electron chi connectivity index (χ1n) is 12.1. The Morgan fingerprint density at radius 1 is 1.24 bits per heavy atom. The van der Waals surface area contributed by atoms with Crippen LogP contribution in [0.5, 0.6) is 0 Å². The number of nitrogens with zero attached hydrogens (tertiary/aromatic N) is 6. The molecular formula is C23H41N7O3Si. The van der Waals surface area contributed by atoms with Crippen LogP contribution >= 0.6 is 0 Å². The van der Waals surface area contributed by atoms with Crippen LogP contribution in [0.25, 0.3) is 11.2 Å². The molecule has 0 aliphatic carbocycles. The average Bonchev–Trinajstić information content (AvgIpc) is 3.16. The summed E-state index contributed by atoms with van der Waals surface area (Å²) in [4.78, 5) is 32.3. The molecule has 34 heavy (non-hydrogen) atoms. The lowest BCUT2D eigenvalue weighted by molar-refractivity contribution is -0.126. The van der Waals surface area contributed by atoms with Crippen LogP contribution in [0, 0.1) is 0 Å². The molecule has 11 heteroatoms. The maximum absolute atomic E-state index is 12.5. The molecule has 0 radical (unpaired) electrons. The highest BCUT2D eigenvalue weighted by molar-refractivity contribution is 6.77. The maximum Gasteiger partial charge on any atom is 0.280 e. The van der Waals surface area contributed by atoms with E-state index in [0.717, 1.165) is 6.54 Å². The van der Waals surface area contributed by atoms with Gasteiger partial charge in [-0.15, -0.1) is 0 Å². The average molecular weight is 492 g/mol. The standard InChI is InChI=1S/C23H41N7O3Si/c1-15(2)34(16(3)4,17(5)6)32-12-18-10-29(9)11-19(33-18)30-14-24-20-21(30)26-23(27-22(20)31)25-13-28(7)8/h13-19H,10-12H2,1-9H3,(H,26,27,31)/b25-13+. The van der Waals surface area contributed by atoms with E-state index in [9.17, 15) is 4.79 Å². The molecule has 0 saturated carbocycles. The van der Waals surface area contributed by atoms with Crippen LogP contribution in [0.2, 0.25) is 16.6 Å². The van der Waals surface area contributed by atoms with Crippen molar-refractivity contribution in [2.75, 3.05) is 40.8 Å². The largest absolute Gasteiger partial charge is 0.413 e. The number of likely N-dealkylation sites (N-methyl/N-ethyl adjacent to an activating group) is 1. The summed E-state index contributed by atoms with van der Waals surface area (Å²) in [7, 11) is 3.79. The fourth-order valence-electron chi connectivity index (χ4n) is 5.34. The number of H-pyrrole nitrogens is 1. The minimum atomic E-state index is -1.99. The summed E-state index contributed by atoms with van der Waals surface area (Å²) in [6, 6.07) is 0. The lowest BCUT2D eigenvalue weighted by Crippen LogP contribution is -2.52. The van der Waals surface area contributed by atoms with Gasteiger partial charge in [-0.3, -0.25) is 19.2 Å². The summed E-state index contributed by atoms with van der Waals surface area (Å²) in [6.45, 7) is 15.8. The van der Waals surface area contributed by atoms with Gasteiger partial charge in [0.05, 0.1) is 25.4 Å². The predicted molar refractivity (Wildman–Crippen MR) is 138 cm³/mol. The summed E-state index contributed by atoms with van der Waals surface area (Å²) in [5, 5.41) is 0. The van der Waals surface area contributed by atoms with Gasteiger partial charge in [-0.25, -0.2) is 9.98 Å². The number of imidazole rings is 1. The van der Waals surface area contributed by atoms with E-state index in [0.29, 0.717) is 35.4 Å². The van der Waals surface area contributed by atoms with Crippen molar-refractivity contribution in [3.05, 3.63) is 16.7 Å². The fourth-order valence-corrected chi connectivity index (χ4v) is 10.8. The van der Waals surface area contributed by atoms with Crippen LogP contribution in [-0.2, 0) is 9.16 Å². The van der Waals surface area contributed by atoms with Gasteiger partial charge >= 0.3 is 0 Å². The van der Waals surface area contributed by atoms with E-state index in [2.05, 4.69) is 73.4 Å². The molecule has 10 nitrogen and oxygen atoms in total. The van der Waals surface area contributed by atoms with Crippen molar-refractivity contribution in [1.29, 1.82) is 0 Å². The molecule has 1 fully saturated rings. The Morgan fingerprint density at radius 2 is 1.88 bits per heavy atom. The van der Waals surface area contributed by atoms with Gasteiger partial charge in [-0.2, -0.15) is 4.98 Å². The number of hydrogen-bond donors (Lipinski definition) is 1. The monoisotopic (exact) mass is 491 g/mol. The van der Waals surface area contributed by atoms with Gasteiger partial charge in [0.2, 0.25) is 5.95 Å². The minimum absolute atomic E-state index is 0.0856. The second-order valence-corrected chi connectivity index (χ2v) is 15.9. The second kappa shape index (κ2) is 10.7. The molecule has 1 aliphatic heterocycles. The highest BCUT2D eigenvalue weighted by Crippen LogP contribution is 2.42. The van der Waals surface area contributed by atoms with Gasteiger partial charge in [-0.1, -0.05) is 41.5 Å². The summed E-state index contributed by atoms with van der Waals surface area (Å²) in [5.41, 5.74) is 1.96. The molecule has 3 rings (SSSR count). The Balaban J connectivity index is 1.85. The zero-order valence-corrected chi connectivity index (χ0v) is 23.1. The topological polar surface area (TPSA) is 101 Å². The maximum atomic E-state index is 12.5. The van der Waals surface area contributed by atoms with Crippen LogP contribution in [0.3, 0.4) is 0 Å². The van der Waals surface area contributed by atoms with Crippen molar-refractivity contribution in [1.82, 2.24) is 29.3 Å². The molecule has 1 saturated heterocycles. The SMILES string of the molecule is CC(C)[Si](OCC1CN(C)CC(n2cnc3c(=O)[nH]c(/N=C/N(C)C)nc32)O1)(C(C)C)C(C)C. The van der Waals surface area contributed by atoms with Crippen LogP contribution in [0.4, 0.5) is 5.95 Å². The number of fused-ring (bicyclic) bond motifs is 1. The molecule has 3 heterocycles. The third-order valence-electron chi connectivity index (χ3n) is 6.70. The van der Waals surface area contributed by atoms with Crippen molar-refractivity contribution in [3.8, 4) is 0 Å². The first kappa shape index (κ1) is 26.5. The number of rotatable bonds is 9. The molecule has 0 amide bonds. The van der Waals surface area contributed by atoms with Gasteiger partial charge < -0.3 is 14.1 Å². The molecule has 190 valence electrons. The minimum Gasteiger partial charge on any atom is -0.413 e. The van der Waals surface area contributed by atoms with Gasteiger partial charge in [-0.05, 0) is 23.7 Å². The Bertz CT molecular complexity index is 1030. The Morgan fingerprint density at radius 3 is 2.47 bits per heavy atom. The quantitative estimate of drug-likeness (QED) is 0.326. The zero-order valence-electron chi connectivity index (χ0n) is 22.1. The van der Waals surface area contributed by atoms with E-state index in [4.69, 9.17) is 9.16 Å².